The Bertz CT molecular complexity index is 286. The van der Waals surface area contributed by atoms with Crippen molar-refractivity contribution in [3.63, 3.8) is 0 Å². The maximum absolute atomic E-state index is 6.13. The van der Waals surface area contributed by atoms with Crippen LogP contribution < -0.4 is 5.73 Å². The Labute approximate surface area is 80.2 Å². The van der Waals surface area contributed by atoms with Crippen molar-refractivity contribution in [2.24, 2.45) is 11.1 Å². The summed E-state index contributed by atoms with van der Waals surface area (Å²) in [6.45, 7) is 8.50. The van der Waals surface area contributed by atoms with E-state index >= 15 is 0 Å². The van der Waals surface area contributed by atoms with Crippen molar-refractivity contribution in [1.82, 2.24) is 4.98 Å². The number of rotatable bonds is 1. The first-order chi connectivity index (χ1) is 5.93. The molecule has 72 valence electrons. The van der Waals surface area contributed by atoms with Gasteiger partial charge in [-0.05, 0) is 29.5 Å². The fourth-order valence-electron chi connectivity index (χ4n) is 1.27. The smallest absolute Gasteiger partial charge is 0.0362 e. The third-order valence-corrected chi connectivity index (χ3v) is 2.35. The van der Waals surface area contributed by atoms with Crippen molar-refractivity contribution < 1.29 is 0 Å². The van der Waals surface area contributed by atoms with Crippen LogP contribution in [0.1, 0.15) is 37.9 Å². The van der Waals surface area contributed by atoms with Crippen LogP contribution in [0.15, 0.2) is 18.5 Å². The average Bonchev–Trinajstić information content (AvgIpc) is 2.02. The first-order valence-electron chi connectivity index (χ1n) is 4.59. The van der Waals surface area contributed by atoms with E-state index in [0.717, 1.165) is 5.56 Å². The zero-order chi connectivity index (χ0) is 10.1. The molecule has 0 amide bonds. The van der Waals surface area contributed by atoms with Gasteiger partial charge in [0.1, 0.15) is 0 Å². The number of nitrogens with zero attached hydrogens (tertiary/aromatic N) is 1. The second-order valence-electron chi connectivity index (χ2n) is 4.58. The minimum absolute atomic E-state index is 0.0567. The monoisotopic (exact) mass is 178 g/mol. The number of aromatic nitrogens is 1. The molecule has 0 saturated heterocycles. The fourth-order valence-corrected chi connectivity index (χ4v) is 1.27. The number of hydrogen-bond acceptors (Lipinski definition) is 2. The number of nitrogens with two attached hydrogens (primary N) is 1. The van der Waals surface area contributed by atoms with E-state index in [0.29, 0.717) is 0 Å². The zero-order valence-electron chi connectivity index (χ0n) is 8.83. The van der Waals surface area contributed by atoms with E-state index in [1.165, 1.54) is 5.56 Å². The molecule has 0 spiro atoms. The van der Waals surface area contributed by atoms with Crippen LogP contribution in [0.4, 0.5) is 0 Å². The summed E-state index contributed by atoms with van der Waals surface area (Å²) >= 11 is 0. The summed E-state index contributed by atoms with van der Waals surface area (Å²) in [6.07, 6.45) is 3.67. The van der Waals surface area contributed by atoms with Gasteiger partial charge in [0, 0.05) is 18.4 Å². The second-order valence-corrected chi connectivity index (χ2v) is 4.58. The van der Waals surface area contributed by atoms with Crippen LogP contribution in [0, 0.1) is 12.3 Å². The van der Waals surface area contributed by atoms with Crippen molar-refractivity contribution in [3.8, 4) is 0 Å². The number of pyridine rings is 1. The molecule has 1 heterocycles. The molecule has 2 heteroatoms. The summed E-state index contributed by atoms with van der Waals surface area (Å²) in [5.41, 5.74) is 8.59. The zero-order valence-corrected chi connectivity index (χ0v) is 8.83. The Morgan fingerprint density at radius 2 is 2.00 bits per heavy atom. The van der Waals surface area contributed by atoms with Crippen molar-refractivity contribution in [3.05, 3.63) is 29.6 Å². The van der Waals surface area contributed by atoms with Gasteiger partial charge in [0.15, 0.2) is 0 Å². The lowest BCUT2D eigenvalue weighted by atomic mass is 9.82. The van der Waals surface area contributed by atoms with Crippen LogP contribution in [0.3, 0.4) is 0 Å². The molecule has 1 aromatic rings. The Hall–Kier alpha value is -0.890. The van der Waals surface area contributed by atoms with Gasteiger partial charge in [-0.15, -0.1) is 0 Å². The van der Waals surface area contributed by atoms with Crippen molar-refractivity contribution in [2.75, 3.05) is 0 Å². The summed E-state index contributed by atoms with van der Waals surface area (Å²) in [4.78, 5) is 4.10. The van der Waals surface area contributed by atoms with Gasteiger partial charge in [0.05, 0.1) is 0 Å². The lowest BCUT2D eigenvalue weighted by Gasteiger charge is -2.28. The highest BCUT2D eigenvalue weighted by Crippen LogP contribution is 2.31. The molecule has 0 aliphatic rings. The number of hydrogen-bond donors (Lipinski definition) is 1. The SMILES string of the molecule is Cc1ccncc1C(N)C(C)(C)C. The molecule has 2 nitrogen and oxygen atoms in total. The van der Waals surface area contributed by atoms with Crippen LogP contribution in [0.2, 0.25) is 0 Å². The maximum Gasteiger partial charge on any atom is 0.0362 e. The van der Waals surface area contributed by atoms with Gasteiger partial charge in [-0.25, -0.2) is 0 Å². The molecule has 1 rings (SSSR count). The minimum Gasteiger partial charge on any atom is -0.323 e. The molecule has 1 atom stereocenters. The molecule has 2 N–H and O–H groups in total. The molecule has 13 heavy (non-hydrogen) atoms. The lowest BCUT2D eigenvalue weighted by molar-refractivity contribution is 0.325. The van der Waals surface area contributed by atoms with E-state index < -0.39 is 0 Å². The largest absolute Gasteiger partial charge is 0.323 e. The molecule has 0 aliphatic heterocycles. The maximum atomic E-state index is 6.13. The van der Waals surface area contributed by atoms with E-state index in [9.17, 15) is 0 Å². The van der Waals surface area contributed by atoms with Crippen molar-refractivity contribution in [2.45, 2.75) is 33.7 Å². The fraction of sp³-hybridized carbons (Fsp3) is 0.545. The Kier molecular flexibility index (Phi) is 2.71. The molecule has 0 saturated carbocycles. The molecule has 0 fully saturated rings. The van der Waals surface area contributed by atoms with Gasteiger partial charge < -0.3 is 5.73 Å². The van der Waals surface area contributed by atoms with Crippen molar-refractivity contribution in [1.29, 1.82) is 0 Å². The highest BCUT2D eigenvalue weighted by Gasteiger charge is 2.23. The summed E-state index contributed by atoms with van der Waals surface area (Å²) in [7, 11) is 0. The third-order valence-electron chi connectivity index (χ3n) is 2.35. The molecule has 1 unspecified atom stereocenters. The van der Waals surface area contributed by atoms with Gasteiger partial charge in [-0.3, -0.25) is 4.98 Å². The van der Waals surface area contributed by atoms with Crippen LogP contribution in [0.25, 0.3) is 0 Å². The van der Waals surface area contributed by atoms with E-state index in [2.05, 4.69) is 32.7 Å². The first-order valence-corrected chi connectivity index (χ1v) is 4.59. The van der Waals surface area contributed by atoms with Gasteiger partial charge in [0.2, 0.25) is 0 Å². The molecule has 0 bridgehead atoms. The summed E-state index contributed by atoms with van der Waals surface area (Å²) in [6, 6.07) is 2.06. The minimum atomic E-state index is 0.0567. The molecule has 1 aromatic heterocycles. The highest BCUT2D eigenvalue weighted by atomic mass is 14.7. The average molecular weight is 178 g/mol. The molecule has 0 aromatic carbocycles. The predicted octanol–water partition coefficient (Wildman–Crippen LogP) is 2.44. The lowest BCUT2D eigenvalue weighted by Crippen LogP contribution is -2.27. The number of aryl methyl sites for hydroxylation is 1. The summed E-state index contributed by atoms with van der Waals surface area (Å²) < 4.78 is 0. The van der Waals surface area contributed by atoms with Crippen LogP contribution in [-0.2, 0) is 0 Å². The summed E-state index contributed by atoms with van der Waals surface area (Å²) in [5, 5.41) is 0. The van der Waals surface area contributed by atoms with E-state index in [-0.39, 0.29) is 11.5 Å². The van der Waals surface area contributed by atoms with Gasteiger partial charge in [-0.2, -0.15) is 0 Å². The Balaban J connectivity index is 3.02. The molecule has 0 radical (unpaired) electrons. The van der Waals surface area contributed by atoms with E-state index in [4.69, 9.17) is 5.73 Å². The predicted molar refractivity (Wildman–Crippen MR) is 55.4 cm³/mol. The van der Waals surface area contributed by atoms with Gasteiger partial charge in [-0.1, -0.05) is 20.8 Å². The van der Waals surface area contributed by atoms with E-state index in [1.54, 1.807) is 6.20 Å². The Morgan fingerprint density at radius 3 is 2.46 bits per heavy atom. The quantitative estimate of drug-likeness (QED) is 0.717. The Morgan fingerprint density at radius 1 is 1.38 bits per heavy atom. The molecular formula is C11H18N2. The normalized spacial score (nSPS) is 14.2. The van der Waals surface area contributed by atoms with Crippen molar-refractivity contribution >= 4 is 0 Å². The van der Waals surface area contributed by atoms with E-state index in [1.807, 2.05) is 12.3 Å². The second kappa shape index (κ2) is 3.46. The molecular weight excluding hydrogens is 160 g/mol. The highest BCUT2D eigenvalue weighted by molar-refractivity contribution is 5.25. The summed E-state index contributed by atoms with van der Waals surface area (Å²) in [5.74, 6) is 0. The van der Waals surface area contributed by atoms with Gasteiger partial charge in [0.25, 0.3) is 0 Å². The topological polar surface area (TPSA) is 38.9 Å². The standard InChI is InChI=1S/C11H18N2/c1-8-5-6-13-7-9(8)10(12)11(2,3)4/h5-7,10H,12H2,1-4H3. The third kappa shape index (κ3) is 2.28. The molecule has 0 aliphatic carbocycles. The first kappa shape index (κ1) is 10.2. The van der Waals surface area contributed by atoms with Crippen LogP contribution in [-0.4, -0.2) is 4.98 Å². The van der Waals surface area contributed by atoms with Crippen LogP contribution in [0.5, 0.6) is 0 Å². The van der Waals surface area contributed by atoms with Gasteiger partial charge >= 0.3 is 0 Å². The van der Waals surface area contributed by atoms with Crippen LogP contribution >= 0.6 is 0 Å².